The summed E-state index contributed by atoms with van der Waals surface area (Å²) in [5, 5.41) is 2.01. The molecule has 7 aromatic carbocycles. The summed E-state index contributed by atoms with van der Waals surface area (Å²) in [6, 6.07) is 33.2. The number of ether oxygens (including phenoxy) is 1. The predicted molar refractivity (Wildman–Crippen MR) is 249 cm³/mol. The first-order valence-corrected chi connectivity index (χ1v) is 20.0. The van der Waals surface area contributed by atoms with Gasteiger partial charge in [0, 0.05) is 36.8 Å². The maximum atomic E-state index is 9.41. The van der Waals surface area contributed by atoms with Crippen LogP contribution in [0.25, 0.3) is 72.4 Å². The largest absolute Gasteiger partial charge is 0.458 e. The van der Waals surface area contributed by atoms with Crippen molar-refractivity contribution in [2.75, 3.05) is 0 Å². The van der Waals surface area contributed by atoms with Crippen LogP contribution in [-0.4, -0.2) is 14.1 Å². The van der Waals surface area contributed by atoms with E-state index in [9.17, 15) is 1.37 Å². The van der Waals surface area contributed by atoms with Crippen LogP contribution in [0.3, 0.4) is 0 Å². The number of aromatic nitrogens is 4. The lowest BCUT2D eigenvalue weighted by Crippen LogP contribution is -2.30. The Morgan fingerprint density at radius 1 is 0.656 bits per heavy atom. The Kier molecular flexibility index (Phi) is 6.98. The summed E-state index contributed by atoms with van der Waals surface area (Å²) < 4.78 is 107. The minimum absolute atomic E-state index is 0.134. The third kappa shape index (κ3) is 7.29. The molecule has 0 aliphatic rings. The SMILES string of the molecule is [2H]c1c([2H])c([2H])c(-c2cccc(-c3c([2H])c([2H])c([2H])c([2H])c3[2H])c2-[n+]2[c-]n(-c3cccc(Oc4ccc5c6cc(-c7ccccc7)ccc6n(-c6cc(C([2H])(C)C(C)(C)C)ccn6)c5c4)c3)cc2)c([2H])c1[2H]. The highest BCUT2D eigenvalue weighted by Crippen LogP contribution is 2.40. The lowest BCUT2D eigenvalue weighted by Gasteiger charge is -2.27. The lowest BCUT2D eigenvalue weighted by molar-refractivity contribution is -0.598. The molecule has 5 nitrogen and oxygen atoms in total. The third-order valence-corrected chi connectivity index (χ3v) is 11.1. The Labute approximate surface area is 372 Å². The molecule has 296 valence electrons. The van der Waals surface area contributed by atoms with Crippen molar-refractivity contribution in [2.24, 2.45) is 5.41 Å². The van der Waals surface area contributed by atoms with Crippen LogP contribution in [0.15, 0.2) is 200 Å². The molecule has 0 N–H and O–H groups in total. The fraction of sp³-hybridized carbons (Fsp3) is 0.107. The van der Waals surface area contributed by atoms with Gasteiger partial charge in [0.15, 0.2) is 0 Å². The van der Waals surface area contributed by atoms with Gasteiger partial charge < -0.3 is 4.74 Å². The second kappa shape index (κ2) is 15.6. The molecule has 3 heterocycles. The smallest absolute Gasteiger partial charge is 0.268 e. The number of imidazole rings is 1. The van der Waals surface area contributed by atoms with Crippen LogP contribution in [-0.2, 0) is 0 Å². The summed E-state index contributed by atoms with van der Waals surface area (Å²) in [7, 11) is 0. The molecule has 0 fully saturated rings. The van der Waals surface area contributed by atoms with Crippen LogP contribution in [0.5, 0.6) is 11.5 Å². The zero-order valence-electron chi connectivity index (χ0n) is 45.0. The van der Waals surface area contributed by atoms with E-state index in [1.54, 1.807) is 41.4 Å². The van der Waals surface area contributed by atoms with Gasteiger partial charge in [-0.05, 0) is 105 Å². The maximum absolute atomic E-state index is 9.41. The summed E-state index contributed by atoms with van der Waals surface area (Å²) in [6.45, 7) is 8.12. The van der Waals surface area contributed by atoms with Crippen LogP contribution < -0.4 is 9.30 Å². The zero-order chi connectivity index (χ0) is 51.1. The average Bonchev–Trinajstić information content (AvgIpc) is 3.99. The van der Waals surface area contributed by atoms with Crippen LogP contribution in [0.2, 0.25) is 0 Å². The highest BCUT2D eigenvalue weighted by atomic mass is 16.5. The van der Waals surface area contributed by atoms with E-state index in [0.29, 0.717) is 23.0 Å². The van der Waals surface area contributed by atoms with Crippen molar-refractivity contribution in [2.45, 2.75) is 33.6 Å². The molecule has 5 heteroatoms. The number of hydrogen-bond acceptors (Lipinski definition) is 2. The van der Waals surface area contributed by atoms with Crippen molar-refractivity contribution in [3.05, 3.63) is 212 Å². The predicted octanol–water partition coefficient (Wildman–Crippen LogP) is 14.0. The van der Waals surface area contributed by atoms with Gasteiger partial charge in [0.25, 0.3) is 6.33 Å². The van der Waals surface area contributed by atoms with Gasteiger partial charge in [-0.25, -0.2) is 4.98 Å². The zero-order valence-corrected chi connectivity index (χ0v) is 34.0. The number of rotatable bonds is 9. The Hall–Kier alpha value is -7.50. The Morgan fingerprint density at radius 3 is 2.08 bits per heavy atom. The van der Waals surface area contributed by atoms with Gasteiger partial charge in [-0.1, -0.05) is 149 Å². The normalized spacial score (nSPS) is 15.2. The molecule has 0 aliphatic heterocycles. The van der Waals surface area contributed by atoms with Crippen molar-refractivity contribution < 1.29 is 24.4 Å². The molecule has 0 radical (unpaired) electrons. The van der Waals surface area contributed by atoms with Crippen molar-refractivity contribution in [1.82, 2.24) is 14.1 Å². The van der Waals surface area contributed by atoms with Gasteiger partial charge in [0.2, 0.25) is 0 Å². The topological polar surface area (TPSA) is 35.9 Å². The van der Waals surface area contributed by atoms with Crippen molar-refractivity contribution in [3.63, 3.8) is 0 Å². The highest BCUT2D eigenvalue weighted by Gasteiger charge is 2.23. The summed E-state index contributed by atoms with van der Waals surface area (Å²) in [4.78, 5) is 4.87. The van der Waals surface area contributed by atoms with Gasteiger partial charge in [-0.2, -0.15) is 0 Å². The number of fused-ring (bicyclic) bond motifs is 3. The summed E-state index contributed by atoms with van der Waals surface area (Å²) in [5.41, 5.74) is 5.25. The van der Waals surface area contributed by atoms with E-state index >= 15 is 0 Å². The van der Waals surface area contributed by atoms with Crippen molar-refractivity contribution in [3.8, 4) is 62.1 Å². The molecule has 0 bridgehead atoms. The van der Waals surface area contributed by atoms with Gasteiger partial charge in [0.05, 0.1) is 36.1 Å². The van der Waals surface area contributed by atoms with E-state index in [1.165, 1.54) is 4.57 Å². The molecule has 10 aromatic rings. The molecule has 1 unspecified atom stereocenters. The Balaban J connectivity index is 1.08. The lowest BCUT2D eigenvalue weighted by atomic mass is 9.78. The first-order valence-electron chi connectivity index (χ1n) is 25.5. The fourth-order valence-corrected chi connectivity index (χ4v) is 7.72. The van der Waals surface area contributed by atoms with Crippen LogP contribution in [0, 0.1) is 11.7 Å². The van der Waals surface area contributed by atoms with Gasteiger partial charge in [0.1, 0.15) is 17.3 Å². The van der Waals surface area contributed by atoms with Gasteiger partial charge in [-0.3, -0.25) is 13.7 Å². The van der Waals surface area contributed by atoms with E-state index in [4.69, 9.17) is 23.4 Å². The van der Waals surface area contributed by atoms with Crippen molar-refractivity contribution in [1.29, 1.82) is 0 Å². The number of benzene rings is 7. The van der Waals surface area contributed by atoms with Gasteiger partial charge in [-0.15, -0.1) is 0 Å². The van der Waals surface area contributed by atoms with Crippen LogP contribution in [0.4, 0.5) is 0 Å². The number of hydrogen-bond donors (Lipinski definition) is 0. The highest BCUT2D eigenvalue weighted by molar-refractivity contribution is 6.10. The van der Waals surface area contributed by atoms with E-state index in [0.717, 1.165) is 38.5 Å². The number of pyridine rings is 1. The van der Waals surface area contributed by atoms with E-state index in [2.05, 4.69) is 62.0 Å². The standard InChI is InChI=1S/C56H46N4O/c1-39(56(2,3)4)43-30-31-57-54(35-43)60-52-29-26-44(40-16-8-5-9-17-40)34-51(52)50-28-27-47(37-53(50)60)61-46-23-14-22-45(36-46)58-32-33-59(38-58)55-48(41-18-10-6-11-19-41)24-15-25-49(55)42-20-12-7-13-21-42/h5-37,39H,1-4H3/i6D,7D,10D,11D,12D,13D,18D,19D,20D,21D,39D. The molecule has 3 aromatic heterocycles. The fourth-order valence-electron chi connectivity index (χ4n) is 7.72. The van der Waals surface area contributed by atoms with Crippen LogP contribution >= 0.6 is 0 Å². The first-order chi connectivity index (χ1) is 34.3. The molecule has 0 saturated carbocycles. The molecule has 10 rings (SSSR count). The first kappa shape index (κ1) is 27.3. The molecular weight excluding hydrogens is 745 g/mol. The monoisotopic (exact) mass is 801 g/mol. The molecule has 0 spiro atoms. The van der Waals surface area contributed by atoms with E-state index in [1.807, 2.05) is 79.7 Å². The van der Waals surface area contributed by atoms with Crippen LogP contribution in [0.1, 0.15) is 54.2 Å². The second-order valence-electron chi connectivity index (χ2n) is 15.8. The molecule has 0 saturated heterocycles. The van der Waals surface area contributed by atoms with Crippen molar-refractivity contribution >= 4 is 21.8 Å². The minimum atomic E-state index is -0.917. The molecule has 61 heavy (non-hydrogen) atoms. The molecule has 0 aliphatic carbocycles. The van der Waals surface area contributed by atoms with Gasteiger partial charge >= 0.3 is 0 Å². The maximum Gasteiger partial charge on any atom is 0.268 e. The number of nitrogens with zero attached hydrogens (tertiary/aromatic N) is 4. The Bertz CT molecular complexity index is 3680. The second-order valence-corrected chi connectivity index (χ2v) is 15.8. The average molecular weight is 802 g/mol. The summed E-state index contributed by atoms with van der Waals surface area (Å²) >= 11 is 0. The summed E-state index contributed by atoms with van der Waals surface area (Å²) in [6.07, 6.45) is 8.35. The number of para-hydroxylation sites is 1. The minimum Gasteiger partial charge on any atom is -0.458 e. The molecule has 1 atom stereocenters. The molecular formula is C56H46N4O. The third-order valence-electron chi connectivity index (χ3n) is 11.1. The van der Waals surface area contributed by atoms with E-state index in [-0.39, 0.29) is 33.4 Å². The quantitative estimate of drug-likeness (QED) is 0.108. The summed E-state index contributed by atoms with van der Waals surface area (Å²) in [5.74, 6) is 0.788. The van der Waals surface area contributed by atoms with E-state index < -0.39 is 66.3 Å². The Morgan fingerprint density at radius 2 is 1.36 bits per heavy atom. The molecule has 0 amide bonds.